The van der Waals surface area contributed by atoms with Gasteiger partial charge in [-0.2, -0.15) is 0 Å². The molecule has 2 N–H and O–H groups in total. The third kappa shape index (κ3) is 4.42. The standard InChI is InChI=1S/C18H22N4O2S/c1-11-7-9-14(10-8-11)17-21-22-18(25-17)20-15(23)12(2)19-16(24)13-5-3-4-6-13/h7-10,12-13H,3-6H2,1-2H3,(H,19,24)(H,20,22,23). The van der Waals surface area contributed by atoms with Crippen molar-refractivity contribution in [2.24, 2.45) is 5.92 Å². The summed E-state index contributed by atoms with van der Waals surface area (Å²) in [7, 11) is 0. The van der Waals surface area contributed by atoms with Crippen molar-refractivity contribution in [3.05, 3.63) is 29.8 Å². The first-order valence-corrected chi connectivity index (χ1v) is 9.36. The number of nitrogens with one attached hydrogen (secondary N) is 2. The van der Waals surface area contributed by atoms with E-state index in [-0.39, 0.29) is 17.7 Å². The molecule has 0 aliphatic heterocycles. The van der Waals surface area contributed by atoms with Crippen molar-refractivity contribution in [1.29, 1.82) is 0 Å². The van der Waals surface area contributed by atoms with E-state index in [1.54, 1.807) is 6.92 Å². The molecule has 2 aromatic rings. The number of aryl methyl sites for hydroxylation is 1. The molecule has 0 spiro atoms. The molecule has 1 aromatic carbocycles. The molecule has 25 heavy (non-hydrogen) atoms. The van der Waals surface area contributed by atoms with Gasteiger partial charge in [0.2, 0.25) is 16.9 Å². The first-order chi connectivity index (χ1) is 12.0. The molecular weight excluding hydrogens is 336 g/mol. The number of nitrogens with zero attached hydrogens (tertiary/aromatic N) is 2. The zero-order valence-corrected chi connectivity index (χ0v) is 15.2. The summed E-state index contributed by atoms with van der Waals surface area (Å²) in [6, 6.07) is 7.38. The second-order valence-electron chi connectivity index (χ2n) is 6.48. The maximum absolute atomic E-state index is 12.3. The molecule has 0 bridgehead atoms. The average molecular weight is 358 g/mol. The Balaban J connectivity index is 1.57. The SMILES string of the molecule is Cc1ccc(-c2nnc(NC(=O)C(C)NC(=O)C3CCCC3)s2)cc1. The summed E-state index contributed by atoms with van der Waals surface area (Å²) in [5.74, 6) is -0.263. The van der Waals surface area contributed by atoms with Crippen molar-refractivity contribution in [2.45, 2.75) is 45.6 Å². The van der Waals surface area contributed by atoms with Gasteiger partial charge in [0.25, 0.3) is 0 Å². The molecule has 1 aliphatic carbocycles. The first-order valence-electron chi connectivity index (χ1n) is 8.54. The van der Waals surface area contributed by atoms with E-state index in [1.807, 2.05) is 31.2 Å². The lowest BCUT2D eigenvalue weighted by molar-refractivity contribution is -0.128. The molecule has 0 saturated heterocycles. The van der Waals surface area contributed by atoms with Crippen LogP contribution in [0.2, 0.25) is 0 Å². The number of carbonyl (C=O) groups excluding carboxylic acids is 2. The fourth-order valence-electron chi connectivity index (χ4n) is 2.88. The maximum atomic E-state index is 12.3. The highest BCUT2D eigenvalue weighted by molar-refractivity contribution is 7.18. The van der Waals surface area contributed by atoms with Crippen LogP contribution in [0.4, 0.5) is 5.13 Å². The smallest absolute Gasteiger partial charge is 0.248 e. The molecular formula is C18H22N4O2S. The van der Waals surface area contributed by atoms with Gasteiger partial charge in [-0.3, -0.25) is 14.9 Å². The zero-order chi connectivity index (χ0) is 17.8. The predicted molar refractivity (Wildman–Crippen MR) is 98.3 cm³/mol. The molecule has 1 heterocycles. The lowest BCUT2D eigenvalue weighted by Crippen LogP contribution is -2.43. The minimum absolute atomic E-state index is 0.0299. The summed E-state index contributed by atoms with van der Waals surface area (Å²) in [4.78, 5) is 24.4. The van der Waals surface area contributed by atoms with Gasteiger partial charge in [0, 0.05) is 11.5 Å². The minimum atomic E-state index is -0.597. The van der Waals surface area contributed by atoms with E-state index >= 15 is 0 Å². The third-order valence-corrected chi connectivity index (χ3v) is 5.32. The van der Waals surface area contributed by atoms with Gasteiger partial charge in [0.15, 0.2) is 0 Å². The van der Waals surface area contributed by atoms with Crippen LogP contribution in [0.3, 0.4) is 0 Å². The van der Waals surface area contributed by atoms with Crippen LogP contribution >= 0.6 is 11.3 Å². The van der Waals surface area contributed by atoms with Crippen LogP contribution in [0.1, 0.15) is 38.2 Å². The predicted octanol–water partition coefficient (Wildman–Crippen LogP) is 3.15. The Labute approximate surface area is 151 Å². The molecule has 1 aliphatic rings. The number of aromatic nitrogens is 2. The lowest BCUT2D eigenvalue weighted by Gasteiger charge is -2.15. The van der Waals surface area contributed by atoms with Gasteiger partial charge in [-0.1, -0.05) is 54.0 Å². The van der Waals surface area contributed by atoms with Crippen molar-refractivity contribution >= 4 is 28.3 Å². The quantitative estimate of drug-likeness (QED) is 0.860. The van der Waals surface area contributed by atoms with E-state index in [1.165, 1.54) is 16.9 Å². The molecule has 0 radical (unpaired) electrons. The third-order valence-electron chi connectivity index (χ3n) is 4.43. The van der Waals surface area contributed by atoms with Gasteiger partial charge in [0.1, 0.15) is 11.0 Å². The van der Waals surface area contributed by atoms with E-state index in [0.717, 1.165) is 36.3 Å². The molecule has 1 fully saturated rings. The number of anilines is 1. The van der Waals surface area contributed by atoms with Crippen molar-refractivity contribution in [3.63, 3.8) is 0 Å². The highest BCUT2D eigenvalue weighted by Crippen LogP contribution is 2.27. The highest BCUT2D eigenvalue weighted by atomic mass is 32.1. The summed E-state index contributed by atoms with van der Waals surface area (Å²) in [5.41, 5.74) is 2.14. The van der Waals surface area contributed by atoms with Gasteiger partial charge in [-0.05, 0) is 26.7 Å². The number of carbonyl (C=O) groups is 2. The van der Waals surface area contributed by atoms with Gasteiger partial charge in [0.05, 0.1) is 0 Å². The molecule has 1 aromatic heterocycles. The van der Waals surface area contributed by atoms with Crippen LogP contribution in [0, 0.1) is 12.8 Å². The number of hydrogen-bond acceptors (Lipinski definition) is 5. The molecule has 1 atom stereocenters. The largest absolute Gasteiger partial charge is 0.344 e. The maximum Gasteiger partial charge on any atom is 0.248 e. The summed E-state index contributed by atoms with van der Waals surface area (Å²) in [6.45, 7) is 3.71. The van der Waals surface area contributed by atoms with Crippen LogP contribution in [-0.2, 0) is 9.59 Å². The van der Waals surface area contributed by atoms with E-state index in [0.29, 0.717) is 5.13 Å². The van der Waals surface area contributed by atoms with Gasteiger partial charge < -0.3 is 5.32 Å². The Kier molecular flexibility index (Phi) is 5.43. The Morgan fingerprint density at radius 3 is 2.52 bits per heavy atom. The molecule has 7 heteroatoms. The number of hydrogen-bond donors (Lipinski definition) is 2. The Morgan fingerprint density at radius 1 is 1.16 bits per heavy atom. The van der Waals surface area contributed by atoms with E-state index < -0.39 is 6.04 Å². The number of amides is 2. The van der Waals surface area contributed by atoms with Crippen LogP contribution < -0.4 is 10.6 Å². The Morgan fingerprint density at radius 2 is 1.84 bits per heavy atom. The normalized spacial score (nSPS) is 15.8. The van der Waals surface area contributed by atoms with Crippen molar-refractivity contribution < 1.29 is 9.59 Å². The van der Waals surface area contributed by atoms with E-state index in [4.69, 9.17) is 0 Å². The lowest BCUT2D eigenvalue weighted by atomic mass is 10.1. The highest BCUT2D eigenvalue weighted by Gasteiger charge is 2.25. The second-order valence-corrected chi connectivity index (χ2v) is 7.46. The monoisotopic (exact) mass is 358 g/mol. The van der Waals surface area contributed by atoms with Crippen molar-refractivity contribution in [3.8, 4) is 10.6 Å². The van der Waals surface area contributed by atoms with Gasteiger partial charge >= 0.3 is 0 Å². The molecule has 1 unspecified atom stereocenters. The average Bonchev–Trinajstić information content (AvgIpc) is 3.27. The molecule has 1 saturated carbocycles. The van der Waals surface area contributed by atoms with Crippen molar-refractivity contribution in [2.75, 3.05) is 5.32 Å². The molecule has 2 amide bonds. The number of rotatable bonds is 5. The second kappa shape index (κ2) is 7.74. The molecule has 132 valence electrons. The zero-order valence-electron chi connectivity index (χ0n) is 14.4. The summed E-state index contributed by atoms with van der Waals surface area (Å²) < 4.78 is 0. The van der Waals surface area contributed by atoms with Crippen LogP contribution in [0.25, 0.3) is 10.6 Å². The van der Waals surface area contributed by atoms with Crippen molar-refractivity contribution in [1.82, 2.24) is 15.5 Å². The van der Waals surface area contributed by atoms with E-state index in [9.17, 15) is 9.59 Å². The van der Waals surface area contributed by atoms with Crippen LogP contribution in [0.5, 0.6) is 0 Å². The summed E-state index contributed by atoms with van der Waals surface area (Å²) in [6.07, 6.45) is 4.00. The minimum Gasteiger partial charge on any atom is -0.344 e. The van der Waals surface area contributed by atoms with E-state index in [2.05, 4.69) is 20.8 Å². The molecule has 6 nitrogen and oxygen atoms in total. The fraction of sp³-hybridized carbons (Fsp3) is 0.444. The Bertz CT molecular complexity index is 751. The topological polar surface area (TPSA) is 84.0 Å². The van der Waals surface area contributed by atoms with Gasteiger partial charge in [-0.15, -0.1) is 10.2 Å². The fourth-order valence-corrected chi connectivity index (χ4v) is 3.64. The summed E-state index contributed by atoms with van der Waals surface area (Å²) in [5, 5.41) is 14.8. The number of benzene rings is 1. The van der Waals surface area contributed by atoms with Crippen LogP contribution in [-0.4, -0.2) is 28.1 Å². The molecule has 3 rings (SSSR count). The van der Waals surface area contributed by atoms with Gasteiger partial charge in [-0.25, -0.2) is 0 Å². The van der Waals surface area contributed by atoms with Crippen LogP contribution in [0.15, 0.2) is 24.3 Å². The first kappa shape index (κ1) is 17.5. The summed E-state index contributed by atoms with van der Waals surface area (Å²) >= 11 is 1.31. The Hall–Kier alpha value is -2.28.